The van der Waals surface area contributed by atoms with Gasteiger partial charge in [0.2, 0.25) is 0 Å². The van der Waals surface area contributed by atoms with Crippen LogP contribution in [0, 0.1) is 13.8 Å². The number of hydrogen-bond donors (Lipinski definition) is 1. The quantitative estimate of drug-likeness (QED) is 0.899. The molecule has 0 radical (unpaired) electrons. The zero-order valence-corrected chi connectivity index (χ0v) is 12.1. The summed E-state index contributed by atoms with van der Waals surface area (Å²) in [5, 5.41) is 3.18. The minimum absolute atomic E-state index is 0.906. The molecule has 1 N–H and O–H groups in total. The Morgan fingerprint density at radius 3 is 2.37 bits per heavy atom. The summed E-state index contributed by atoms with van der Waals surface area (Å²) in [5.41, 5.74) is 6.31. The second-order valence-corrected chi connectivity index (χ2v) is 4.86. The maximum Gasteiger partial charge on any atom is 0.121 e. The van der Waals surface area contributed by atoms with Gasteiger partial charge >= 0.3 is 0 Å². The van der Waals surface area contributed by atoms with E-state index in [1.807, 2.05) is 13.1 Å². The van der Waals surface area contributed by atoms with Crippen molar-refractivity contribution in [1.82, 2.24) is 5.32 Å². The lowest BCUT2D eigenvalue weighted by atomic mass is 9.97. The van der Waals surface area contributed by atoms with Crippen LogP contribution in [0.4, 0.5) is 0 Å². The lowest BCUT2D eigenvalue weighted by Crippen LogP contribution is -2.05. The zero-order valence-electron chi connectivity index (χ0n) is 12.1. The molecule has 0 unspecified atom stereocenters. The van der Waals surface area contributed by atoms with Crippen LogP contribution in [0.5, 0.6) is 5.75 Å². The van der Waals surface area contributed by atoms with Crippen LogP contribution in [0.15, 0.2) is 36.4 Å². The number of aryl methyl sites for hydroxylation is 2. The molecule has 0 saturated carbocycles. The molecule has 2 aromatic rings. The fourth-order valence-corrected chi connectivity index (χ4v) is 2.41. The second kappa shape index (κ2) is 5.89. The van der Waals surface area contributed by atoms with Crippen molar-refractivity contribution >= 4 is 0 Å². The molecule has 0 aliphatic rings. The van der Waals surface area contributed by atoms with Crippen LogP contribution in [0.25, 0.3) is 11.1 Å². The fourth-order valence-electron chi connectivity index (χ4n) is 2.41. The number of hydrogen-bond acceptors (Lipinski definition) is 2. The van der Waals surface area contributed by atoms with Gasteiger partial charge in [0, 0.05) is 6.54 Å². The molecule has 2 nitrogen and oxygen atoms in total. The van der Waals surface area contributed by atoms with Gasteiger partial charge in [-0.15, -0.1) is 0 Å². The Hall–Kier alpha value is -1.80. The Morgan fingerprint density at radius 2 is 1.79 bits per heavy atom. The Labute approximate surface area is 115 Å². The van der Waals surface area contributed by atoms with E-state index < -0.39 is 0 Å². The van der Waals surface area contributed by atoms with Gasteiger partial charge in [0.05, 0.1) is 7.11 Å². The second-order valence-electron chi connectivity index (χ2n) is 4.86. The largest absolute Gasteiger partial charge is 0.496 e. The highest BCUT2D eigenvalue weighted by atomic mass is 16.5. The van der Waals surface area contributed by atoms with Crippen molar-refractivity contribution in [2.45, 2.75) is 20.4 Å². The van der Waals surface area contributed by atoms with Crippen molar-refractivity contribution in [2.24, 2.45) is 0 Å². The van der Waals surface area contributed by atoms with Gasteiger partial charge in [-0.3, -0.25) is 0 Å². The zero-order chi connectivity index (χ0) is 13.8. The summed E-state index contributed by atoms with van der Waals surface area (Å²) in [6.07, 6.45) is 0. The van der Waals surface area contributed by atoms with Crippen LogP contribution in [-0.2, 0) is 6.54 Å². The van der Waals surface area contributed by atoms with Gasteiger partial charge in [-0.05, 0) is 60.8 Å². The van der Waals surface area contributed by atoms with Crippen molar-refractivity contribution in [1.29, 1.82) is 0 Å². The molecule has 0 aromatic heterocycles. The van der Waals surface area contributed by atoms with Crippen LogP contribution in [-0.4, -0.2) is 14.2 Å². The highest BCUT2D eigenvalue weighted by Gasteiger charge is 2.05. The van der Waals surface area contributed by atoms with E-state index in [4.69, 9.17) is 4.74 Å². The summed E-state index contributed by atoms with van der Waals surface area (Å²) in [4.78, 5) is 0. The Kier molecular flexibility index (Phi) is 4.23. The van der Waals surface area contributed by atoms with Gasteiger partial charge < -0.3 is 10.1 Å². The lowest BCUT2D eigenvalue weighted by molar-refractivity contribution is 0.412. The first-order valence-electron chi connectivity index (χ1n) is 6.55. The maximum absolute atomic E-state index is 5.31. The smallest absolute Gasteiger partial charge is 0.121 e. The van der Waals surface area contributed by atoms with E-state index in [9.17, 15) is 0 Å². The van der Waals surface area contributed by atoms with Crippen molar-refractivity contribution < 1.29 is 4.74 Å². The van der Waals surface area contributed by atoms with Gasteiger partial charge in [-0.1, -0.05) is 24.3 Å². The topological polar surface area (TPSA) is 21.3 Å². The summed E-state index contributed by atoms with van der Waals surface area (Å²) < 4.78 is 5.31. The summed E-state index contributed by atoms with van der Waals surface area (Å²) in [7, 11) is 3.68. The van der Waals surface area contributed by atoms with Crippen LogP contribution in [0.1, 0.15) is 16.7 Å². The van der Waals surface area contributed by atoms with Gasteiger partial charge in [-0.2, -0.15) is 0 Å². The van der Waals surface area contributed by atoms with E-state index in [2.05, 4.69) is 49.5 Å². The molecular weight excluding hydrogens is 234 g/mol. The Bertz CT molecular complexity index is 575. The van der Waals surface area contributed by atoms with E-state index >= 15 is 0 Å². The summed E-state index contributed by atoms with van der Waals surface area (Å²) >= 11 is 0. The normalized spacial score (nSPS) is 10.5. The summed E-state index contributed by atoms with van der Waals surface area (Å²) in [6.45, 7) is 5.14. The van der Waals surface area contributed by atoms with E-state index in [1.54, 1.807) is 7.11 Å². The number of methoxy groups -OCH3 is 1. The molecule has 0 amide bonds. The van der Waals surface area contributed by atoms with Gasteiger partial charge in [-0.25, -0.2) is 0 Å². The van der Waals surface area contributed by atoms with Gasteiger partial charge in [0.1, 0.15) is 5.75 Å². The number of ether oxygens (including phenoxy) is 1. The highest BCUT2D eigenvalue weighted by molar-refractivity contribution is 5.69. The minimum atomic E-state index is 0.906. The molecule has 2 aromatic carbocycles. The standard InChI is InChI=1S/C17H21NO/c1-12-9-14(11-18-3)5-7-16(12)15-6-8-17(19-4)13(2)10-15/h5-10,18H,11H2,1-4H3. The third-order valence-electron chi connectivity index (χ3n) is 3.38. The molecule has 100 valence electrons. The Balaban J connectivity index is 2.39. The molecule has 2 heteroatoms. The predicted molar refractivity (Wildman–Crippen MR) is 80.7 cm³/mol. The Morgan fingerprint density at radius 1 is 1.00 bits per heavy atom. The monoisotopic (exact) mass is 255 g/mol. The average Bonchev–Trinajstić information content (AvgIpc) is 2.39. The number of benzene rings is 2. The fraction of sp³-hybridized carbons (Fsp3) is 0.294. The number of rotatable bonds is 4. The highest BCUT2D eigenvalue weighted by Crippen LogP contribution is 2.28. The molecule has 0 saturated heterocycles. The molecule has 0 bridgehead atoms. The predicted octanol–water partition coefficient (Wildman–Crippen LogP) is 3.70. The van der Waals surface area contributed by atoms with Crippen molar-refractivity contribution in [3.8, 4) is 16.9 Å². The molecule has 2 rings (SSSR count). The van der Waals surface area contributed by atoms with E-state index in [-0.39, 0.29) is 0 Å². The van der Waals surface area contributed by atoms with E-state index in [1.165, 1.54) is 27.8 Å². The third-order valence-corrected chi connectivity index (χ3v) is 3.38. The van der Waals surface area contributed by atoms with Crippen LogP contribution in [0.3, 0.4) is 0 Å². The molecule has 0 spiro atoms. The SMILES string of the molecule is CNCc1ccc(-c2ccc(OC)c(C)c2)c(C)c1. The summed E-state index contributed by atoms with van der Waals surface area (Å²) in [6, 6.07) is 12.9. The average molecular weight is 255 g/mol. The van der Waals surface area contributed by atoms with E-state index in [0.717, 1.165) is 12.3 Å². The van der Waals surface area contributed by atoms with E-state index in [0.29, 0.717) is 0 Å². The van der Waals surface area contributed by atoms with Gasteiger partial charge in [0.25, 0.3) is 0 Å². The van der Waals surface area contributed by atoms with Crippen molar-refractivity contribution in [3.63, 3.8) is 0 Å². The van der Waals surface area contributed by atoms with Crippen molar-refractivity contribution in [3.05, 3.63) is 53.1 Å². The first-order chi connectivity index (χ1) is 9.15. The lowest BCUT2D eigenvalue weighted by Gasteiger charge is -2.11. The third kappa shape index (κ3) is 2.96. The first-order valence-corrected chi connectivity index (χ1v) is 6.55. The first kappa shape index (κ1) is 13.6. The molecule has 0 heterocycles. The maximum atomic E-state index is 5.31. The van der Waals surface area contributed by atoms with Crippen LogP contribution in [0.2, 0.25) is 0 Å². The number of nitrogens with one attached hydrogen (secondary N) is 1. The minimum Gasteiger partial charge on any atom is -0.496 e. The molecular formula is C17H21NO. The molecule has 19 heavy (non-hydrogen) atoms. The summed E-state index contributed by atoms with van der Waals surface area (Å²) in [5.74, 6) is 0.938. The van der Waals surface area contributed by atoms with Crippen LogP contribution >= 0.6 is 0 Å². The molecule has 0 aliphatic carbocycles. The molecule has 0 fully saturated rings. The molecule has 0 atom stereocenters. The van der Waals surface area contributed by atoms with Crippen LogP contribution < -0.4 is 10.1 Å². The van der Waals surface area contributed by atoms with Crippen molar-refractivity contribution in [2.75, 3.05) is 14.2 Å². The van der Waals surface area contributed by atoms with Gasteiger partial charge in [0.15, 0.2) is 0 Å². The molecule has 0 aliphatic heterocycles.